The zero-order valence-electron chi connectivity index (χ0n) is 19.3. The van der Waals surface area contributed by atoms with E-state index in [0.717, 1.165) is 5.56 Å². The number of nitrogens with one attached hydrogen (secondary N) is 2. The van der Waals surface area contributed by atoms with E-state index in [-0.39, 0.29) is 36.2 Å². The van der Waals surface area contributed by atoms with E-state index in [1.54, 1.807) is 57.3 Å². The molecule has 2 amide bonds. The molecule has 0 aliphatic rings. The van der Waals surface area contributed by atoms with Gasteiger partial charge in [-0.1, -0.05) is 11.6 Å². The molecule has 3 rings (SSSR count). The van der Waals surface area contributed by atoms with Gasteiger partial charge in [0.15, 0.2) is 0 Å². The van der Waals surface area contributed by atoms with Crippen LogP contribution in [0.15, 0.2) is 36.5 Å². The summed E-state index contributed by atoms with van der Waals surface area (Å²) in [6.07, 6.45) is 0.975. The highest BCUT2D eigenvalue weighted by Crippen LogP contribution is 2.34. The van der Waals surface area contributed by atoms with E-state index in [4.69, 9.17) is 16.3 Å². The third-order valence-electron chi connectivity index (χ3n) is 4.76. The Morgan fingerprint density at radius 3 is 2.55 bits per heavy atom. The normalized spacial score (nSPS) is 11.3. The van der Waals surface area contributed by atoms with Gasteiger partial charge >= 0.3 is 6.09 Å². The molecule has 9 heteroatoms. The fourth-order valence-electron chi connectivity index (χ4n) is 3.39. The van der Waals surface area contributed by atoms with E-state index in [1.807, 2.05) is 6.92 Å². The molecule has 0 aliphatic carbocycles. The van der Waals surface area contributed by atoms with Gasteiger partial charge in [0.1, 0.15) is 17.0 Å². The number of rotatable bonds is 6. The number of carbonyl (C=O) groups excluding carboxylic acids is 3. The number of halogens is 1. The Bertz CT molecular complexity index is 1210. The van der Waals surface area contributed by atoms with Crippen molar-refractivity contribution < 1.29 is 19.1 Å². The Kier molecular flexibility index (Phi) is 7.07. The van der Waals surface area contributed by atoms with Crippen molar-refractivity contribution in [2.45, 2.75) is 40.2 Å². The monoisotopic (exact) mass is 470 g/mol. The molecule has 174 valence electrons. The number of carbonyl (C=O) groups is 3. The number of alkyl carbamates (subject to hydrolysis) is 1. The van der Waals surface area contributed by atoms with Gasteiger partial charge in [0.2, 0.25) is 11.7 Å². The summed E-state index contributed by atoms with van der Waals surface area (Å²) in [5.41, 5.74) is 1.76. The topological polar surface area (TPSA) is 104 Å². The second-order valence-corrected chi connectivity index (χ2v) is 9.12. The van der Waals surface area contributed by atoms with Crippen LogP contribution in [0, 0.1) is 6.92 Å². The highest BCUT2D eigenvalue weighted by molar-refractivity contribution is 6.32. The van der Waals surface area contributed by atoms with Crippen molar-refractivity contribution in [2.75, 3.05) is 18.0 Å². The van der Waals surface area contributed by atoms with Crippen LogP contribution in [0.3, 0.4) is 0 Å². The number of H-pyrrole nitrogens is 1. The lowest BCUT2D eigenvalue weighted by Crippen LogP contribution is -2.40. The molecule has 2 aromatic heterocycles. The van der Waals surface area contributed by atoms with Crippen LogP contribution in [-0.2, 0) is 9.53 Å². The standard InChI is InChI=1S/C24H27ClN4O4/c1-14-8-9-26-19(12-14)22(31)20-21(17-13-16(25)6-7-18(17)28-20)29(15(2)30)11-10-27-23(32)33-24(3,4)5/h6-9,12-13,28H,10-11H2,1-5H3,(H,27,32). The van der Waals surface area contributed by atoms with Crippen molar-refractivity contribution in [3.63, 3.8) is 0 Å². The van der Waals surface area contributed by atoms with Crippen LogP contribution in [0.1, 0.15) is 49.4 Å². The summed E-state index contributed by atoms with van der Waals surface area (Å²) in [5, 5.41) is 3.73. The molecule has 0 unspecified atom stereocenters. The Morgan fingerprint density at radius 1 is 1.18 bits per heavy atom. The zero-order chi connectivity index (χ0) is 24.3. The number of anilines is 1. The molecule has 2 heterocycles. The molecule has 0 saturated carbocycles. The highest BCUT2D eigenvalue weighted by Gasteiger charge is 2.27. The van der Waals surface area contributed by atoms with Crippen molar-refractivity contribution in [2.24, 2.45) is 0 Å². The number of hydrogen-bond donors (Lipinski definition) is 2. The number of ketones is 1. The van der Waals surface area contributed by atoms with Gasteiger partial charge < -0.3 is 19.9 Å². The smallest absolute Gasteiger partial charge is 0.407 e. The molecule has 0 atom stereocenters. The average molecular weight is 471 g/mol. The lowest BCUT2D eigenvalue weighted by Gasteiger charge is -2.23. The maximum Gasteiger partial charge on any atom is 0.407 e. The predicted octanol–water partition coefficient (Wildman–Crippen LogP) is 4.63. The maximum absolute atomic E-state index is 13.4. The summed E-state index contributed by atoms with van der Waals surface area (Å²) < 4.78 is 5.25. The lowest BCUT2D eigenvalue weighted by atomic mass is 10.1. The molecular formula is C24H27ClN4O4. The molecule has 0 aliphatic heterocycles. The number of aryl methyl sites for hydroxylation is 1. The number of hydrogen-bond acceptors (Lipinski definition) is 5. The Balaban J connectivity index is 1.99. The van der Waals surface area contributed by atoms with Crippen molar-refractivity contribution in [3.8, 4) is 0 Å². The first-order valence-electron chi connectivity index (χ1n) is 10.5. The zero-order valence-corrected chi connectivity index (χ0v) is 20.0. The Hall–Kier alpha value is -3.39. The number of amides is 2. The highest BCUT2D eigenvalue weighted by atomic mass is 35.5. The molecule has 8 nitrogen and oxygen atoms in total. The summed E-state index contributed by atoms with van der Waals surface area (Å²) in [6, 6.07) is 8.63. The molecule has 0 bridgehead atoms. The number of nitrogens with zero attached hydrogens (tertiary/aromatic N) is 2. The van der Waals surface area contributed by atoms with E-state index in [2.05, 4.69) is 15.3 Å². The fraction of sp³-hybridized carbons (Fsp3) is 0.333. The number of fused-ring (bicyclic) bond motifs is 1. The molecule has 3 aromatic rings. The molecule has 2 N–H and O–H groups in total. The summed E-state index contributed by atoms with van der Waals surface area (Å²) >= 11 is 6.22. The largest absolute Gasteiger partial charge is 0.444 e. The number of ether oxygens (including phenoxy) is 1. The predicted molar refractivity (Wildman–Crippen MR) is 128 cm³/mol. The molecule has 0 spiro atoms. The number of aromatic nitrogens is 2. The van der Waals surface area contributed by atoms with Gasteiger partial charge in [-0.2, -0.15) is 0 Å². The Morgan fingerprint density at radius 2 is 1.91 bits per heavy atom. The number of benzene rings is 1. The van der Waals surface area contributed by atoms with Gasteiger partial charge in [0.05, 0.1) is 5.69 Å². The quantitative estimate of drug-likeness (QED) is 0.511. The van der Waals surface area contributed by atoms with Gasteiger partial charge in [-0.3, -0.25) is 14.6 Å². The van der Waals surface area contributed by atoms with Crippen LogP contribution in [0.25, 0.3) is 10.9 Å². The van der Waals surface area contributed by atoms with Gasteiger partial charge in [0.25, 0.3) is 0 Å². The first-order chi connectivity index (χ1) is 15.5. The SMILES string of the molecule is CC(=O)N(CCNC(=O)OC(C)(C)C)c1c(C(=O)c2cc(C)ccn2)[nH]c2ccc(Cl)cc12. The second-order valence-electron chi connectivity index (χ2n) is 8.69. The van der Waals surface area contributed by atoms with Crippen LogP contribution in [0.2, 0.25) is 5.02 Å². The molecule has 0 saturated heterocycles. The van der Waals surface area contributed by atoms with Crippen LogP contribution in [0.4, 0.5) is 10.5 Å². The van der Waals surface area contributed by atoms with E-state index in [1.165, 1.54) is 11.8 Å². The van der Waals surface area contributed by atoms with Crippen molar-refractivity contribution in [1.82, 2.24) is 15.3 Å². The van der Waals surface area contributed by atoms with Gasteiger partial charge in [-0.15, -0.1) is 0 Å². The van der Waals surface area contributed by atoms with Crippen LogP contribution in [-0.4, -0.2) is 46.4 Å². The third-order valence-corrected chi connectivity index (χ3v) is 5.00. The average Bonchev–Trinajstić information content (AvgIpc) is 3.07. The molecule has 1 aromatic carbocycles. The first kappa shape index (κ1) is 24.3. The van der Waals surface area contributed by atoms with E-state index < -0.39 is 11.7 Å². The van der Waals surface area contributed by atoms with Gasteiger partial charge in [0, 0.05) is 42.1 Å². The molecule has 33 heavy (non-hydrogen) atoms. The summed E-state index contributed by atoms with van der Waals surface area (Å²) in [6.45, 7) is 8.81. The van der Waals surface area contributed by atoms with E-state index in [9.17, 15) is 14.4 Å². The first-order valence-corrected chi connectivity index (χ1v) is 10.9. The number of pyridine rings is 1. The second kappa shape index (κ2) is 9.62. The summed E-state index contributed by atoms with van der Waals surface area (Å²) in [7, 11) is 0. The van der Waals surface area contributed by atoms with Gasteiger partial charge in [-0.25, -0.2) is 4.79 Å². The summed E-state index contributed by atoms with van der Waals surface area (Å²) in [4.78, 5) is 46.8. The van der Waals surface area contributed by atoms with E-state index in [0.29, 0.717) is 21.6 Å². The van der Waals surface area contributed by atoms with Gasteiger partial charge in [-0.05, 0) is 63.6 Å². The summed E-state index contributed by atoms with van der Waals surface area (Å²) in [5.74, 6) is -0.652. The maximum atomic E-state index is 13.4. The molecule has 0 fully saturated rings. The van der Waals surface area contributed by atoms with Crippen LogP contribution < -0.4 is 10.2 Å². The number of aromatic amines is 1. The Labute approximate surface area is 197 Å². The lowest BCUT2D eigenvalue weighted by molar-refractivity contribution is -0.116. The minimum Gasteiger partial charge on any atom is -0.444 e. The van der Waals surface area contributed by atoms with Crippen molar-refractivity contribution >= 4 is 46.0 Å². The molecule has 0 radical (unpaired) electrons. The fourth-order valence-corrected chi connectivity index (χ4v) is 3.57. The van der Waals surface area contributed by atoms with Crippen LogP contribution in [0.5, 0.6) is 0 Å². The van der Waals surface area contributed by atoms with Crippen molar-refractivity contribution in [3.05, 3.63) is 58.5 Å². The van der Waals surface area contributed by atoms with Crippen LogP contribution >= 0.6 is 11.6 Å². The van der Waals surface area contributed by atoms with E-state index >= 15 is 0 Å². The van der Waals surface area contributed by atoms with Crippen molar-refractivity contribution in [1.29, 1.82) is 0 Å². The molecular weight excluding hydrogens is 444 g/mol. The minimum absolute atomic E-state index is 0.121. The third kappa shape index (κ3) is 5.90. The minimum atomic E-state index is -0.641.